The topological polar surface area (TPSA) is 36.4 Å². The largest absolute Gasteiger partial charge is 0.335 e. The van der Waals surface area contributed by atoms with Gasteiger partial charge in [0.25, 0.3) is 0 Å². The highest BCUT2D eigenvalue weighted by atomic mass is 16.2. The van der Waals surface area contributed by atoms with Crippen molar-refractivity contribution in [2.24, 2.45) is 17.8 Å². The summed E-state index contributed by atoms with van der Waals surface area (Å²) in [5.74, 6) is 1.79. The van der Waals surface area contributed by atoms with Crippen LogP contribution in [0.15, 0.2) is 48.8 Å². The van der Waals surface area contributed by atoms with Crippen molar-refractivity contribution in [2.45, 2.75) is 38.8 Å². The Hall–Kier alpha value is -2.20. The lowest BCUT2D eigenvalue weighted by Crippen LogP contribution is -2.41. The van der Waals surface area contributed by atoms with Crippen LogP contribution in [0.25, 0.3) is 0 Å². The number of pyridine rings is 1. The molecule has 1 amide bonds. The van der Waals surface area contributed by atoms with Gasteiger partial charge in [-0.15, -0.1) is 0 Å². The van der Waals surface area contributed by atoms with Crippen molar-refractivity contribution in [3.63, 3.8) is 0 Å². The molecule has 28 heavy (non-hydrogen) atoms. The summed E-state index contributed by atoms with van der Waals surface area (Å²) in [6.45, 7) is 6.21. The molecule has 0 spiro atoms. The number of benzene rings is 1. The second-order valence-corrected chi connectivity index (χ2v) is 8.90. The first-order chi connectivity index (χ1) is 13.7. The molecule has 3 atom stereocenters. The molecule has 0 bridgehead atoms. The van der Waals surface area contributed by atoms with E-state index in [-0.39, 0.29) is 12.0 Å². The molecule has 2 saturated heterocycles. The summed E-state index contributed by atoms with van der Waals surface area (Å²) in [7, 11) is 0. The number of fused-ring (bicyclic) bond motifs is 1. The van der Waals surface area contributed by atoms with Crippen LogP contribution in [0, 0.1) is 24.7 Å². The lowest BCUT2D eigenvalue weighted by atomic mass is 9.83. The molecule has 2 aromatic rings. The van der Waals surface area contributed by atoms with Crippen molar-refractivity contribution < 1.29 is 4.79 Å². The van der Waals surface area contributed by atoms with E-state index in [1.54, 1.807) is 0 Å². The molecular formula is C24H29N3O. The molecule has 1 saturated carbocycles. The maximum absolute atomic E-state index is 13.2. The second kappa shape index (κ2) is 7.32. The van der Waals surface area contributed by atoms with Gasteiger partial charge in [-0.2, -0.15) is 0 Å². The van der Waals surface area contributed by atoms with Crippen molar-refractivity contribution in [3.8, 4) is 0 Å². The molecule has 1 aliphatic carbocycles. The number of aromatic nitrogens is 1. The lowest BCUT2D eigenvalue weighted by Gasteiger charge is -2.35. The fraction of sp³-hybridized carbons (Fsp3) is 0.500. The van der Waals surface area contributed by atoms with E-state index in [1.807, 2.05) is 18.5 Å². The standard InChI is InChI=1S/C24H29N3O/c1-17-6-2-3-10-21(17)23-22-16-26(13-18-7-5-11-25-12-18)14-20(22)15-27(23)24(28)19-8-4-9-19/h2-3,5-7,10-12,19-20,22-23H,4,8-9,13-16H2,1H3/t20-,22-,23+/m0/s1. The van der Waals surface area contributed by atoms with Crippen LogP contribution in [0.3, 0.4) is 0 Å². The minimum absolute atomic E-state index is 0.234. The number of aryl methyl sites for hydroxylation is 1. The highest BCUT2D eigenvalue weighted by molar-refractivity contribution is 5.80. The normalized spacial score (nSPS) is 27.6. The van der Waals surface area contributed by atoms with E-state index in [0.29, 0.717) is 17.7 Å². The highest BCUT2D eigenvalue weighted by Gasteiger charge is 2.50. The van der Waals surface area contributed by atoms with Crippen LogP contribution in [-0.4, -0.2) is 40.3 Å². The third-order valence-electron chi connectivity index (χ3n) is 7.11. The zero-order chi connectivity index (χ0) is 19.1. The minimum Gasteiger partial charge on any atom is -0.335 e. The number of carbonyl (C=O) groups is 1. The average molecular weight is 376 g/mol. The molecule has 0 radical (unpaired) electrons. The first-order valence-corrected chi connectivity index (χ1v) is 10.7. The number of likely N-dealkylation sites (tertiary alicyclic amines) is 2. The molecule has 3 aliphatic rings. The van der Waals surface area contributed by atoms with Crippen molar-refractivity contribution in [1.29, 1.82) is 0 Å². The van der Waals surface area contributed by atoms with E-state index in [9.17, 15) is 4.79 Å². The molecule has 146 valence electrons. The van der Waals surface area contributed by atoms with Crippen LogP contribution in [0.5, 0.6) is 0 Å². The van der Waals surface area contributed by atoms with Gasteiger partial charge in [0.15, 0.2) is 0 Å². The molecule has 1 aromatic carbocycles. The number of nitrogens with zero attached hydrogens (tertiary/aromatic N) is 3. The maximum atomic E-state index is 13.2. The number of carbonyl (C=O) groups excluding carboxylic acids is 1. The number of hydrogen-bond donors (Lipinski definition) is 0. The summed E-state index contributed by atoms with van der Waals surface area (Å²) in [5.41, 5.74) is 3.94. The van der Waals surface area contributed by atoms with Crippen molar-refractivity contribution >= 4 is 5.91 Å². The van der Waals surface area contributed by atoms with Crippen LogP contribution in [0.2, 0.25) is 0 Å². The maximum Gasteiger partial charge on any atom is 0.226 e. The molecule has 3 heterocycles. The Morgan fingerprint density at radius 3 is 2.68 bits per heavy atom. The van der Waals surface area contributed by atoms with Gasteiger partial charge in [0, 0.05) is 50.4 Å². The molecule has 3 fully saturated rings. The van der Waals surface area contributed by atoms with Crippen molar-refractivity contribution in [2.75, 3.05) is 19.6 Å². The van der Waals surface area contributed by atoms with Gasteiger partial charge in [-0.05, 0) is 48.4 Å². The van der Waals surface area contributed by atoms with E-state index in [4.69, 9.17) is 0 Å². The zero-order valence-electron chi connectivity index (χ0n) is 16.6. The van der Waals surface area contributed by atoms with Crippen LogP contribution in [-0.2, 0) is 11.3 Å². The third-order valence-corrected chi connectivity index (χ3v) is 7.11. The highest BCUT2D eigenvalue weighted by Crippen LogP contribution is 2.47. The summed E-state index contributed by atoms with van der Waals surface area (Å²) in [6, 6.07) is 13.1. The van der Waals surface area contributed by atoms with Gasteiger partial charge in [-0.1, -0.05) is 36.8 Å². The first kappa shape index (κ1) is 17.9. The smallest absolute Gasteiger partial charge is 0.226 e. The summed E-state index contributed by atoms with van der Waals surface area (Å²) in [6.07, 6.45) is 7.18. The third kappa shape index (κ3) is 3.14. The Morgan fingerprint density at radius 1 is 1.11 bits per heavy atom. The van der Waals surface area contributed by atoms with E-state index >= 15 is 0 Å². The van der Waals surface area contributed by atoms with Gasteiger partial charge >= 0.3 is 0 Å². The molecular weight excluding hydrogens is 346 g/mol. The summed E-state index contributed by atoms with van der Waals surface area (Å²) in [4.78, 5) is 22.3. The quantitative estimate of drug-likeness (QED) is 0.815. The van der Waals surface area contributed by atoms with E-state index < -0.39 is 0 Å². The first-order valence-electron chi connectivity index (χ1n) is 10.7. The van der Waals surface area contributed by atoms with E-state index in [2.05, 4.69) is 52.0 Å². The Kier molecular flexibility index (Phi) is 4.67. The van der Waals surface area contributed by atoms with Gasteiger partial charge in [0.05, 0.1) is 6.04 Å². The molecule has 4 nitrogen and oxygen atoms in total. The Balaban J connectivity index is 1.40. The van der Waals surface area contributed by atoms with Gasteiger partial charge < -0.3 is 4.90 Å². The Labute approximate surface area is 167 Å². The van der Waals surface area contributed by atoms with Gasteiger partial charge in [0.2, 0.25) is 5.91 Å². The monoisotopic (exact) mass is 375 g/mol. The summed E-state index contributed by atoms with van der Waals surface area (Å²) >= 11 is 0. The predicted octanol–water partition coefficient (Wildman–Crippen LogP) is 3.82. The molecule has 0 unspecified atom stereocenters. The summed E-state index contributed by atoms with van der Waals surface area (Å²) in [5, 5.41) is 0. The van der Waals surface area contributed by atoms with Gasteiger partial charge in [0.1, 0.15) is 0 Å². The van der Waals surface area contributed by atoms with E-state index in [1.165, 1.54) is 23.1 Å². The number of hydrogen-bond acceptors (Lipinski definition) is 3. The Bertz CT molecular complexity index is 848. The van der Waals surface area contributed by atoms with Crippen LogP contribution in [0.1, 0.15) is 42.0 Å². The Morgan fingerprint density at radius 2 is 1.96 bits per heavy atom. The fourth-order valence-corrected chi connectivity index (χ4v) is 5.45. The second-order valence-electron chi connectivity index (χ2n) is 8.90. The number of rotatable bonds is 4. The van der Waals surface area contributed by atoms with Gasteiger partial charge in [-0.25, -0.2) is 0 Å². The zero-order valence-corrected chi connectivity index (χ0v) is 16.6. The van der Waals surface area contributed by atoms with E-state index in [0.717, 1.165) is 39.0 Å². The van der Waals surface area contributed by atoms with Crippen LogP contribution in [0.4, 0.5) is 0 Å². The van der Waals surface area contributed by atoms with Gasteiger partial charge in [-0.3, -0.25) is 14.7 Å². The SMILES string of the molecule is Cc1ccccc1[C@@H]1[C@H]2CN(Cc3cccnc3)C[C@H]2CN1C(=O)C1CCC1. The van der Waals surface area contributed by atoms with Crippen LogP contribution < -0.4 is 0 Å². The molecule has 4 heteroatoms. The molecule has 5 rings (SSSR count). The summed E-state index contributed by atoms with van der Waals surface area (Å²) < 4.78 is 0. The fourth-order valence-electron chi connectivity index (χ4n) is 5.45. The number of amides is 1. The van der Waals surface area contributed by atoms with Crippen molar-refractivity contribution in [1.82, 2.24) is 14.8 Å². The van der Waals surface area contributed by atoms with Crippen molar-refractivity contribution in [3.05, 3.63) is 65.5 Å². The molecule has 2 aliphatic heterocycles. The van der Waals surface area contributed by atoms with Crippen LogP contribution >= 0.6 is 0 Å². The molecule has 0 N–H and O–H groups in total. The average Bonchev–Trinajstić information content (AvgIpc) is 3.19. The lowest BCUT2D eigenvalue weighted by molar-refractivity contribution is -0.139. The predicted molar refractivity (Wildman–Crippen MR) is 109 cm³/mol. The minimum atomic E-state index is 0.234. The molecule has 1 aromatic heterocycles.